The van der Waals surface area contributed by atoms with Crippen LogP contribution in [0.25, 0.3) is 5.76 Å². The molecule has 4 heteroatoms. The van der Waals surface area contributed by atoms with E-state index in [0.29, 0.717) is 11.3 Å². The zero-order valence-electron chi connectivity index (χ0n) is 7.76. The number of hydrogen-bond acceptors (Lipinski definition) is 2. The Kier molecular flexibility index (Phi) is 2.91. The maximum Gasteiger partial charge on any atom is 0.192 e. The highest BCUT2D eigenvalue weighted by atomic mass is 127. The van der Waals surface area contributed by atoms with Gasteiger partial charge >= 0.3 is 0 Å². The van der Waals surface area contributed by atoms with E-state index in [9.17, 15) is 4.39 Å². The van der Waals surface area contributed by atoms with Crippen LogP contribution in [0.4, 0.5) is 4.39 Å². The van der Waals surface area contributed by atoms with Crippen molar-refractivity contribution in [2.75, 3.05) is 0 Å². The second kappa shape index (κ2) is 4.19. The molecule has 0 spiro atoms. The van der Waals surface area contributed by atoms with Gasteiger partial charge < -0.3 is 3.07 Å². The predicted octanol–water partition coefficient (Wildman–Crippen LogP) is 3.35. The number of allylic oxidation sites excluding steroid dienone is 1. The van der Waals surface area contributed by atoms with Gasteiger partial charge in [0.1, 0.15) is 17.6 Å². The molecule has 2 nitrogen and oxygen atoms in total. The molecule has 1 aromatic carbocycles. The number of nitrogens with zero attached hydrogens (tertiary/aromatic N) is 1. The van der Waals surface area contributed by atoms with Gasteiger partial charge in [0.05, 0.1) is 5.56 Å². The van der Waals surface area contributed by atoms with Gasteiger partial charge in [-0.05, 0) is 36.6 Å². The Labute approximate surface area is 101 Å². The number of benzene rings is 1. The van der Waals surface area contributed by atoms with E-state index in [1.165, 1.54) is 12.1 Å². The summed E-state index contributed by atoms with van der Waals surface area (Å²) < 4.78 is 18.3. The summed E-state index contributed by atoms with van der Waals surface area (Å²) in [6, 6.07) is 4.71. The van der Waals surface area contributed by atoms with E-state index in [4.69, 9.17) is 8.33 Å². The second-order valence-electron chi connectivity index (χ2n) is 3.28. The molecular formula is C11H7FINO. The van der Waals surface area contributed by atoms with E-state index in [1.54, 1.807) is 23.0 Å². The summed E-state index contributed by atoms with van der Waals surface area (Å²) in [5.74, 6) is 0.299. The van der Waals surface area contributed by atoms with Gasteiger partial charge in [-0.1, -0.05) is 0 Å². The smallest absolute Gasteiger partial charge is 0.192 e. The third kappa shape index (κ3) is 1.84. The Bertz CT molecular complexity index is 476. The zero-order valence-corrected chi connectivity index (χ0v) is 9.92. The standard InChI is InChI=1S/C11H7FINO/c12-9-4-7-2-1-3-10(15-13)11(7)8(5-9)6-14/h3-5H,1-2H2. The minimum atomic E-state index is -0.361. The fraction of sp³-hybridized carbons (Fsp3) is 0.182. The fourth-order valence-electron chi connectivity index (χ4n) is 1.77. The van der Waals surface area contributed by atoms with Crippen LogP contribution in [0.15, 0.2) is 18.2 Å². The lowest BCUT2D eigenvalue weighted by Crippen LogP contribution is -2.03. The molecule has 1 aromatic rings. The number of rotatable bonds is 1. The van der Waals surface area contributed by atoms with Crippen LogP contribution in [0, 0.1) is 17.1 Å². The summed E-state index contributed by atoms with van der Waals surface area (Å²) in [5.41, 5.74) is 1.92. The Morgan fingerprint density at radius 1 is 1.47 bits per heavy atom. The molecule has 0 atom stereocenters. The third-order valence-corrected chi connectivity index (χ3v) is 2.85. The van der Waals surface area contributed by atoms with Crippen LogP contribution >= 0.6 is 23.0 Å². The number of nitriles is 1. The predicted molar refractivity (Wildman–Crippen MR) is 62.5 cm³/mol. The Hall–Kier alpha value is -1.09. The molecule has 1 aliphatic carbocycles. The molecule has 0 amide bonds. The van der Waals surface area contributed by atoms with Gasteiger partial charge in [-0.2, -0.15) is 5.26 Å². The molecule has 0 aromatic heterocycles. The minimum absolute atomic E-state index is 0.340. The van der Waals surface area contributed by atoms with Crippen LogP contribution in [-0.4, -0.2) is 0 Å². The first kappa shape index (κ1) is 10.4. The molecule has 0 N–H and O–H groups in total. The number of fused-ring (bicyclic) bond motifs is 1. The number of aryl methyl sites for hydroxylation is 1. The van der Waals surface area contributed by atoms with Crippen molar-refractivity contribution in [2.45, 2.75) is 12.8 Å². The van der Waals surface area contributed by atoms with E-state index < -0.39 is 0 Å². The average Bonchev–Trinajstić information content (AvgIpc) is 2.26. The first-order valence-corrected chi connectivity index (χ1v) is 5.36. The van der Waals surface area contributed by atoms with Crippen molar-refractivity contribution < 1.29 is 7.46 Å². The lowest BCUT2D eigenvalue weighted by Gasteiger charge is -2.16. The van der Waals surface area contributed by atoms with E-state index in [2.05, 4.69) is 0 Å². The summed E-state index contributed by atoms with van der Waals surface area (Å²) in [5, 5.41) is 8.93. The molecular weight excluding hydrogens is 308 g/mol. The maximum absolute atomic E-state index is 13.2. The monoisotopic (exact) mass is 315 g/mol. The lowest BCUT2D eigenvalue weighted by atomic mass is 9.92. The summed E-state index contributed by atoms with van der Waals surface area (Å²) >= 11 is 1.77. The van der Waals surface area contributed by atoms with E-state index in [1.807, 2.05) is 12.1 Å². The highest BCUT2D eigenvalue weighted by molar-refractivity contribution is 14.1. The second-order valence-corrected chi connectivity index (χ2v) is 3.72. The first-order chi connectivity index (χ1) is 7.26. The zero-order chi connectivity index (χ0) is 10.8. The van der Waals surface area contributed by atoms with Crippen molar-refractivity contribution in [2.24, 2.45) is 0 Å². The molecule has 2 rings (SSSR count). The van der Waals surface area contributed by atoms with Crippen molar-refractivity contribution in [3.05, 3.63) is 40.7 Å². The molecule has 0 saturated carbocycles. The van der Waals surface area contributed by atoms with Gasteiger partial charge in [0, 0.05) is 5.56 Å². The Balaban J connectivity index is 2.67. The minimum Gasteiger partial charge on any atom is -0.427 e. The molecule has 0 bridgehead atoms. The van der Waals surface area contributed by atoms with Crippen LogP contribution in [-0.2, 0) is 9.49 Å². The highest BCUT2D eigenvalue weighted by Gasteiger charge is 2.19. The van der Waals surface area contributed by atoms with Gasteiger partial charge in [-0.25, -0.2) is 4.39 Å². The van der Waals surface area contributed by atoms with Gasteiger partial charge in [0.2, 0.25) is 0 Å². The third-order valence-electron chi connectivity index (χ3n) is 2.38. The summed E-state index contributed by atoms with van der Waals surface area (Å²) in [6.45, 7) is 0. The molecule has 1 aliphatic rings. The van der Waals surface area contributed by atoms with Crippen molar-refractivity contribution in [1.29, 1.82) is 5.26 Å². The molecule has 0 aliphatic heterocycles. The van der Waals surface area contributed by atoms with Gasteiger partial charge in [0.25, 0.3) is 0 Å². The van der Waals surface area contributed by atoms with Crippen LogP contribution < -0.4 is 0 Å². The Morgan fingerprint density at radius 3 is 2.93 bits per heavy atom. The number of halogens is 2. The molecule has 0 fully saturated rings. The summed E-state index contributed by atoms with van der Waals surface area (Å²) in [4.78, 5) is 0. The fourth-order valence-corrected chi connectivity index (χ4v) is 2.17. The lowest BCUT2D eigenvalue weighted by molar-refractivity contribution is 0.620. The van der Waals surface area contributed by atoms with Crippen LogP contribution in [0.1, 0.15) is 23.1 Å². The average molecular weight is 315 g/mol. The van der Waals surface area contributed by atoms with Gasteiger partial charge in [-0.3, -0.25) is 0 Å². The number of hydrogen-bond donors (Lipinski definition) is 0. The van der Waals surface area contributed by atoms with Gasteiger partial charge in [-0.15, -0.1) is 0 Å². The molecule has 0 unspecified atom stereocenters. The van der Waals surface area contributed by atoms with E-state index in [-0.39, 0.29) is 5.82 Å². The van der Waals surface area contributed by atoms with Crippen LogP contribution in [0.3, 0.4) is 0 Å². The molecule has 0 radical (unpaired) electrons. The summed E-state index contributed by atoms with van der Waals surface area (Å²) in [6.07, 6.45) is 3.50. The quantitative estimate of drug-likeness (QED) is 0.745. The van der Waals surface area contributed by atoms with Crippen LogP contribution in [0.2, 0.25) is 0 Å². The Morgan fingerprint density at radius 2 is 2.27 bits per heavy atom. The highest BCUT2D eigenvalue weighted by Crippen LogP contribution is 2.32. The summed E-state index contributed by atoms with van der Waals surface area (Å²) in [7, 11) is 0. The normalized spacial score (nSPS) is 13.8. The largest absolute Gasteiger partial charge is 0.427 e. The van der Waals surface area contributed by atoms with Crippen molar-refractivity contribution in [3.8, 4) is 6.07 Å². The van der Waals surface area contributed by atoms with Crippen molar-refractivity contribution >= 4 is 28.8 Å². The van der Waals surface area contributed by atoms with Crippen molar-refractivity contribution in [1.82, 2.24) is 0 Å². The van der Waals surface area contributed by atoms with Crippen LogP contribution in [0.5, 0.6) is 0 Å². The van der Waals surface area contributed by atoms with Crippen molar-refractivity contribution in [3.63, 3.8) is 0 Å². The first-order valence-electron chi connectivity index (χ1n) is 4.48. The maximum atomic E-state index is 13.2. The van der Waals surface area contributed by atoms with E-state index in [0.717, 1.165) is 24.0 Å². The SMILES string of the molecule is N#Cc1cc(F)cc2c1C(OI)=CCC2. The van der Waals surface area contributed by atoms with E-state index >= 15 is 0 Å². The topological polar surface area (TPSA) is 33.0 Å². The molecule has 0 heterocycles. The molecule has 15 heavy (non-hydrogen) atoms. The van der Waals surface area contributed by atoms with Gasteiger partial charge in [0.15, 0.2) is 23.0 Å². The molecule has 0 saturated heterocycles. The molecule has 76 valence electrons.